The molecule has 0 atom stereocenters. The molecule has 0 fully saturated rings. The van der Waals surface area contributed by atoms with Crippen molar-refractivity contribution < 1.29 is 23.0 Å². The van der Waals surface area contributed by atoms with E-state index < -0.39 is 17.6 Å². The molecule has 116 valence electrons. The van der Waals surface area contributed by atoms with E-state index in [4.69, 9.17) is 16.3 Å². The zero-order valence-corrected chi connectivity index (χ0v) is 12.4. The van der Waals surface area contributed by atoms with E-state index in [0.717, 1.165) is 12.1 Å². The van der Waals surface area contributed by atoms with E-state index in [1.54, 1.807) is 0 Å². The quantitative estimate of drug-likeness (QED) is 0.687. The molecule has 1 N–H and O–H groups in total. The molecule has 8 heteroatoms. The van der Waals surface area contributed by atoms with Gasteiger partial charge in [-0.1, -0.05) is 11.6 Å². The lowest BCUT2D eigenvalue weighted by Gasteiger charge is -2.14. The van der Waals surface area contributed by atoms with Gasteiger partial charge in [-0.15, -0.1) is 0 Å². The van der Waals surface area contributed by atoms with Crippen molar-refractivity contribution in [2.75, 3.05) is 19.5 Å². The number of nitrogens with one attached hydrogen (secondary N) is 1. The van der Waals surface area contributed by atoms with E-state index in [2.05, 4.69) is 15.0 Å². The highest BCUT2D eigenvalue weighted by molar-refractivity contribution is 6.30. The molecule has 0 radical (unpaired) electrons. The van der Waals surface area contributed by atoms with E-state index in [1.807, 2.05) is 0 Å². The minimum Gasteiger partial charge on any atom is -0.480 e. The Morgan fingerprint density at radius 1 is 1.23 bits per heavy atom. The van der Waals surface area contributed by atoms with Crippen LogP contribution in [0.1, 0.15) is 10.4 Å². The standard InChI is InChI=1S/C14H11ClF2N2O3/c1-21-13-12(14(20)22-2)10(6-11(15)19-13)18-7-3-4-8(16)9(17)5-7/h3-6H,1-2H3,(H,18,19). The number of nitrogens with zero attached hydrogens (tertiary/aromatic N) is 1. The number of ether oxygens (including phenoxy) is 2. The van der Waals surface area contributed by atoms with Crippen LogP contribution in [0.5, 0.6) is 5.88 Å². The van der Waals surface area contributed by atoms with Gasteiger partial charge in [-0.25, -0.2) is 18.6 Å². The Hall–Kier alpha value is -2.41. The van der Waals surface area contributed by atoms with Crippen LogP contribution >= 0.6 is 11.6 Å². The molecule has 0 aliphatic rings. The van der Waals surface area contributed by atoms with Crippen molar-refractivity contribution in [3.8, 4) is 5.88 Å². The second kappa shape index (κ2) is 6.57. The largest absolute Gasteiger partial charge is 0.480 e. The monoisotopic (exact) mass is 328 g/mol. The molecule has 1 aromatic heterocycles. The van der Waals surface area contributed by atoms with Gasteiger partial charge in [-0.3, -0.25) is 0 Å². The fourth-order valence-electron chi connectivity index (χ4n) is 1.77. The van der Waals surface area contributed by atoms with Crippen LogP contribution in [0.15, 0.2) is 24.3 Å². The predicted octanol–water partition coefficient (Wildman–Crippen LogP) is 3.55. The maximum absolute atomic E-state index is 13.3. The molecule has 5 nitrogen and oxygen atoms in total. The first kappa shape index (κ1) is 16.0. The van der Waals surface area contributed by atoms with Crippen LogP contribution in [-0.4, -0.2) is 25.2 Å². The van der Waals surface area contributed by atoms with Gasteiger partial charge in [0.05, 0.1) is 19.9 Å². The summed E-state index contributed by atoms with van der Waals surface area (Å²) in [4.78, 5) is 15.7. The summed E-state index contributed by atoms with van der Waals surface area (Å²) in [5.41, 5.74) is 0.391. The third-order valence-electron chi connectivity index (χ3n) is 2.74. The van der Waals surface area contributed by atoms with Crippen LogP contribution in [0.2, 0.25) is 5.15 Å². The lowest BCUT2D eigenvalue weighted by Crippen LogP contribution is -2.09. The molecule has 0 aliphatic heterocycles. The second-order valence-corrected chi connectivity index (χ2v) is 4.51. The van der Waals surface area contributed by atoms with Crippen LogP contribution in [0.3, 0.4) is 0 Å². The molecule has 2 rings (SSSR count). The molecule has 2 aromatic rings. The number of aromatic nitrogens is 1. The summed E-state index contributed by atoms with van der Waals surface area (Å²) in [6.07, 6.45) is 0. The average Bonchev–Trinajstić information content (AvgIpc) is 2.49. The fourth-order valence-corrected chi connectivity index (χ4v) is 1.95. The molecule has 0 aliphatic carbocycles. The molecule has 1 heterocycles. The Morgan fingerprint density at radius 3 is 2.55 bits per heavy atom. The molecule has 22 heavy (non-hydrogen) atoms. The maximum atomic E-state index is 13.3. The van der Waals surface area contributed by atoms with Crippen LogP contribution in [-0.2, 0) is 4.74 Å². The van der Waals surface area contributed by atoms with Gasteiger partial charge in [0, 0.05) is 17.8 Å². The maximum Gasteiger partial charge on any atom is 0.345 e. The van der Waals surface area contributed by atoms with Crippen molar-refractivity contribution in [3.05, 3.63) is 46.6 Å². The third-order valence-corrected chi connectivity index (χ3v) is 2.93. The number of carbonyl (C=O) groups excluding carboxylic acids is 1. The highest BCUT2D eigenvalue weighted by Gasteiger charge is 2.21. The first-order valence-electron chi connectivity index (χ1n) is 6.01. The van der Waals surface area contributed by atoms with Gasteiger partial charge in [0.15, 0.2) is 11.6 Å². The normalized spacial score (nSPS) is 10.2. The summed E-state index contributed by atoms with van der Waals surface area (Å²) in [5.74, 6) is -2.78. The third kappa shape index (κ3) is 3.25. The highest BCUT2D eigenvalue weighted by Crippen LogP contribution is 2.31. The summed E-state index contributed by atoms with van der Waals surface area (Å²) < 4.78 is 35.9. The van der Waals surface area contributed by atoms with Crippen molar-refractivity contribution in [1.29, 1.82) is 0 Å². The topological polar surface area (TPSA) is 60.5 Å². The SMILES string of the molecule is COC(=O)c1c(Nc2ccc(F)c(F)c2)cc(Cl)nc1OC. The van der Waals surface area contributed by atoms with Crippen molar-refractivity contribution in [2.45, 2.75) is 0 Å². The first-order valence-corrected chi connectivity index (χ1v) is 6.39. The second-order valence-electron chi connectivity index (χ2n) is 4.12. The number of pyridine rings is 1. The molecule has 0 unspecified atom stereocenters. The molecule has 0 spiro atoms. The van der Waals surface area contributed by atoms with Gasteiger partial charge in [-0.05, 0) is 12.1 Å². The Morgan fingerprint density at radius 2 is 1.95 bits per heavy atom. The van der Waals surface area contributed by atoms with Crippen LogP contribution in [0.4, 0.5) is 20.2 Å². The van der Waals surface area contributed by atoms with Gasteiger partial charge in [0.25, 0.3) is 0 Å². The fraction of sp³-hybridized carbons (Fsp3) is 0.143. The van der Waals surface area contributed by atoms with Crippen LogP contribution in [0.25, 0.3) is 0 Å². The Labute approximate surface area is 129 Å². The van der Waals surface area contributed by atoms with E-state index in [1.165, 1.54) is 26.4 Å². The zero-order chi connectivity index (χ0) is 16.3. The lowest BCUT2D eigenvalue weighted by molar-refractivity contribution is 0.0597. The minimum atomic E-state index is -1.03. The number of halogens is 3. The number of benzene rings is 1. The van der Waals surface area contributed by atoms with Gasteiger partial charge in [-0.2, -0.15) is 0 Å². The molecule has 0 saturated heterocycles. The molecular formula is C14H11ClF2N2O3. The number of esters is 1. The number of methoxy groups -OCH3 is 2. The van der Waals surface area contributed by atoms with Crippen molar-refractivity contribution >= 4 is 28.9 Å². The number of carbonyl (C=O) groups is 1. The van der Waals surface area contributed by atoms with Crippen molar-refractivity contribution in [1.82, 2.24) is 4.98 Å². The van der Waals surface area contributed by atoms with E-state index >= 15 is 0 Å². The summed E-state index contributed by atoms with van der Waals surface area (Å²) in [5, 5.41) is 2.81. The Kier molecular flexibility index (Phi) is 4.77. The number of hydrogen-bond acceptors (Lipinski definition) is 5. The highest BCUT2D eigenvalue weighted by atomic mass is 35.5. The van der Waals surface area contributed by atoms with E-state index in [9.17, 15) is 13.6 Å². The predicted molar refractivity (Wildman–Crippen MR) is 76.8 cm³/mol. The van der Waals surface area contributed by atoms with E-state index in [0.29, 0.717) is 0 Å². The van der Waals surface area contributed by atoms with Gasteiger partial charge in [0.1, 0.15) is 10.7 Å². The van der Waals surface area contributed by atoms with Crippen molar-refractivity contribution in [2.24, 2.45) is 0 Å². The Balaban J connectivity index is 2.50. The van der Waals surface area contributed by atoms with E-state index in [-0.39, 0.29) is 28.0 Å². The Bertz CT molecular complexity index is 725. The smallest absolute Gasteiger partial charge is 0.345 e. The molecular weight excluding hydrogens is 318 g/mol. The lowest BCUT2D eigenvalue weighted by atomic mass is 10.2. The van der Waals surface area contributed by atoms with Gasteiger partial charge < -0.3 is 14.8 Å². The average molecular weight is 329 g/mol. The first-order chi connectivity index (χ1) is 10.5. The zero-order valence-electron chi connectivity index (χ0n) is 11.6. The van der Waals surface area contributed by atoms with Gasteiger partial charge in [0.2, 0.25) is 5.88 Å². The summed E-state index contributed by atoms with van der Waals surface area (Å²) in [6, 6.07) is 4.55. The summed E-state index contributed by atoms with van der Waals surface area (Å²) in [7, 11) is 2.50. The van der Waals surface area contributed by atoms with Crippen LogP contribution < -0.4 is 10.1 Å². The molecule has 0 saturated carbocycles. The summed E-state index contributed by atoms with van der Waals surface area (Å²) in [6.45, 7) is 0. The minimum absolute atomic E-state index is 0.0147. The number of anilines is 2. The molecule has 0 bridgehead atoms. The number of rotatable bonds is 4. The summed E-state index contributed by atoms with van der Waals surface area (Å²) >= 11 is 5.85. The van der Waals surface area contributed by atoms with Crippen LogP contribution in [0, 0.1) is 11.6 Å². The van der Waals surface area contributed by atoms with Crippen molar-refractivity contribution in [3.63, 3.8) is 0 Å². The molecule has 1 aromatic carbocycles. The molecule has 0 amide bonds. The number of hydrogen-bond donors (Lipinski definition) is 1. The van der Waals surface area contributed by atoms with Gasteiger partial charge >= 0.3 is 5.97 Å².